The summed E-state index contributed by atoms with van der Waals surface area (Å²) in [6, 6.07) is 7.02. The van der Waals surface area contributed by atoms with E-state index in [0.717, 1.165) is 6.26 Å². The number of rotatable bonds is 3. The molecule has 0 saturated heterocycles. The Morgan fingerprint density at radius 1 is 1.03 bits per heavy atom. The summed E-state index contributed by atoms with van der Waals surface area (Å²) >= 11 is 0. The normalized spacial score (nSPS) is 18.7. The zero-order valence-corrected chi connectivity index (χ0v) is 16.3. The highest BCUT2D eigenvalue weighted by molar-refractivity contribution is 7.91. The smallest absolute Gasteiger partial charge is 0.257 e. The molecule has 30 heavy (non-hydrogen) atoms. The van der Waals surface area contributed by atoms with Crippen molar-refractivity contribution in [2.75, 3.05) is 6.26 Å². The first-order valence-electron chi connectivity index (χ1n) is 8.77. The monoisotopic (exact) mass is 437 g/mol. The van der Waals surface area contributed by atoms with E-state index >= 15 is 0 Å². The largest absolute Gasteiger partial charge is 0.477 e. The first-order valence-corrected chi connectivity index (χ1v) is 10.7. The molecule has 0 amide bonds. The molecule has 156 valence electrons. The Morgan fingerprint density at radius 2 is 1.67 bits per heavy atom. The number of fused-ring (bicyclic) bond motifs is 3. The van der Waals surface area contributed by atoms with Gasteiger partial charge >= 0.3 is 0 Å². The van der Waals surface area contributed by atoms with E-state index in [1.54, 1.807) is 24.3 Å². The number of nitro groups is 1. The van der Waals surface area contributed by atoms with Crippen molar-refractivity contribution in [2.24, 2.45) is 0 Å². The fourth-order valence-electron chi connectivity index (χ4n) is 3.72. The van der Waals surface area contributed by atoms with Gasteiger partial charge in [0.1, 0.15) is 11.6 Å². The van der Waals surface area contributed by atoms with Crippen LogP contribution in [-0.2, 0) is 16.3 Å². The molecule has 1 heterocycles. The van der Waals surface area contributed by atoms with Gasteiger partial charge in [-0.15, -0.1) is 0 Å². The number of halogens is 3. The van der Waals surface area contributed by atoms with Crippen molar-refractivity contribution >= 4 is 20.6 Å². The van der Waals surface area contributed by atoms with Gasteiger partial charge < -0.3 is 4.74 Å². The molecule has 0 bridgehead atoms. The van der Waals surface area contributed by atoms with Gasteiger partial charge in [0.15, 0.2) is 27.6 Å². The van der Waals surface area contributed by atoms with Crippen molar-refractivity contribution in [3.63, 3.8) is 0 Å². The zero-order chi connectivity index (χ0) is 21.8. The molecule has 10 heteroatoms. The van der Waals surface area contributed by atoms with Gasteiger partial charge in [0, 0.05) is 45.6 Å². The van der Waals surface area contributed by atoms with E-state index in [1.165, 1.54) is 6.07 Å². The molecule has 0 saturated carbocycles. The van der Waals surface area contributed by atoms with Gasteiger partial charge in [-0.05, 0) is 12.1 Å². The minimum atomic E-state index is -3.66. The van der Waals surface area contributed by atoms with Crippen molar-refractivity contribution in [3.05, 3.63) is 81.2 Å². The molecule has 0 spiro atoms. The van der Waals surface area contributed by atoms with Crippen molar-refractivity contribution in [3.8, 4) is 5.75 Å². The highest BCUT2D eigenvalue weighted by Crippen LogP contribution is 2.43. The van der Waals surface area contributed by atoms with Gasteiger partial charge in [-0.2, -0.15) is 0 Å². The van der Waals surface area contributed by atoms with Crippen molar-refractivity contribution < 1.29 is 31.2 Å². The van der Waals surface area contributed by atoms with Gasteiger partial charge in [0.05, 0.1) is 4.90 Å². The number of hydrogen-bond acceptors (Lipinski definition) is 5. The maximum atomic E-state index is 14.4. The Hall–Kier alpha value is -3.14. The summed E-state index contributed by atoms with van der Waals surface area (Å²) in [6.07, 6.45) is -0.788. The third-order valence-corrected chi connectivity index (χ3v) is 6.21. The molecule has 1 aliphatic heterocycles. The maximum absolute atomic E-state index is 14.4. The summed E-state index contributed by atoms with van der Waals surface area (Å²) in [4.78, 5) is 11.0. The van der Waals surface area contributed by atoms with Gasteiger partial charge in [-0.3, -0.25) is 10.1 Å². The van der Waals surface area contributed by atoms with E-state index in [0.29, 0.717) is 22.9 Å². The molecular weight excluding hydrogens is 423 g/mol. The van der Waals surface area contributed by atoms with E-state index < -0.39 is 49.9 Å². The summed E-state index contributed by atoms with van der Waals surface area (Å²) in [5, 5.41) is 12.4. The Morgan fingerprint density at radius 3 is 2.30 bits per heavy atom. The fourth-order valence-corrected chi connectivity index (χ4v) is 4.65. The van der Waals surface area contributed by atoms with Crippen LogP contribution in [0.5, 0.6) is 5.75 Å². The fraction of sp³-hybridized carbons (Fsp3) is 0.200. The molecule has 1 aliphatic rings. The van der Waals surface area contributed by atoms with E-state index in [2.05, 4.69) is 0 Å². The molecule has 3 aromatic carbocycles. The van der Waals surface area contributed by atoms with Crippen molar-refractivity contribution in [1.29, 1.82) is 0 Å². The minimum Gasteiger partial charge on any atom is -0.477 e. The van der Waals surface area contributed by atoms with Crippen LogP contribution in [0.3, 0.4) is 0 Å². The quantitative estimate of drug-likeness (QED) is 0.351. The Balaban J connectivity index is 1.96. The Labute approximate surface area is 169 Å². The van der Waals surface area contributed by atoms with Crippen molar-refractivity contribution in [1.82, 2.24) is 0 Å². The SMILES string of the molecule is CS(=O)(=O)c1cc2c(c3ccccc13)OC(c1cc(F)c(F)cc1F)C([N+](=O)[O-])C2. The molecule has 6 nitrogen and oxygen atoms in total. The highest BCUT2D eigenvalue weighted by Gasteiger charge is 2.42. The Kier molecular flexibility index (Phi) is 4.69. The van der Waals surface area contributed by atoms with Crippen LogP contribution in [0.25, 0.3) is 10.8 Å². The van der Waals surface area contributed by atoms with Gasteiger partial charge in [-0.1, -0.05) is 24.3 Å². The lowest BCUT2D eigenvalue weighted by molar-refractivity contribution is -0.535. The highest BCUT2D eigenvalue weighted by atomic mass is 32.2. The predicted molar refractivity (Wildman–Crippen MR) is 101 cm³/mol. The molecule has 4 rings (SSSR count). The topological polar surface area (TPSA) is 86.5 Å². The first kappa shape index (κ1) is 20.1. The van der Waals surface area contributed by atoms with Gasteiger partial charge in [0.25, 0.3) is 6.04 Å². The molecule has 0 fully saturated rings. The summed E-state index contributed by atoms with van der Waals surface area (Å²) in [7, 11) is -3.66. The summed E-state index contributed by atoms with van der Waals surface area (Å²) in [6.45, 7) is 0. The summed E-state index contributed by atoms with van der Waals surface area (Å²) in [5.41, 5.74) is -0.229. The standard InChI is InChI=1S/C20H14F3NO5S/c1-30(27,28)18-7-10-6-17(24(25)26)20(13-8-15(22)16(23)9-14(13)21)29-19(10)12-5-3-2-4-11(12)18/h2-5,7-9,17,20H,6H2,1H3. The van der Waals surface area contributed by atoms with Crippen LogP contribution in [0.1, 0.15) is 17.2 Å². The van der Waals surface area contributed by atoms with E-state index in [9.17, 15) is 31.7 Å². The third kappa shape index (κ3) is 3.26. The van der Waals surface area contributed by atoms with Crippen LogP contribution in [0.2, 0.25) is 0 Å². The molecule has 0 aromatic heterocycles. The number of ether oxygens (including phenoxy) is 1. The second-order valence-electron chi connectivity index (χ2n) is 7.06. The van der Waals surface area contributed by atoms with Crippen LogP contribution in [0, 0.1) is 27.6 Å². The van der Waals surface area contributed by atoms with E-state index in [1.807, 2.05) is 0 Å². The second-order valence-corrected chi connectivity index (χ2v) is 9.05. The van der Waals surface area contributed by atoms with Gasteiger partial charge in [-0.25, -0.2) is 21.6 Å². The van der Waals surface area contributed by atoms with Crippen LogP contribution in [-0.4, -0.2) is 25.6 Å². The predicted octanol–water partition coefficient (Wildman–Crippen LogP) is 3.98. The zero-order valence-electron chi connectivity index (χ0n) is 15.4. The molecule has 0 N–H and O–H groups in total. The molecule has 0 aliphatic carbocycles. The molecular formula is C20H14F3NO5S. The van der Waals surface area contributed by atoms with Crippen LogP contribution in [0.15, 0.2) is 47.4 Å². The Bertz CT molecular complexity index is 1310. The molecule has 3 aromatic rings. The molecule has 2 unspecified atom stereocenters. The number of sulfone groups is 1. The maximum Gasteiger partial charge on any atom is 0.257 e. The van der Waals surface area contributed by atoms with E-state index in [-0.39, 0.29) is 22.6 Å². The number of nitrogens with zero attached hydrogens (tertiary/aromatic N) is 1. The minimum absolute atomic E-state index is 0.0139. The second kappa shape index (κ2) is 6.98. The summed E-state index contributed by atoms with van der Waals surface area (Å²) < 4.78 is 71.7. The lowest BCUT2D eigenvalue weighted by Gasteiger charge is -2.30. The first-order chi connectivity index (χ1) is 14.1. The van der Waals surface area contributed by atoms with Gasteiger partial charge in [0.2, 0.25) is 0 Å². The van der Waals surface area contributed by atoms with Crippen LogP contribution < -0.4 is 4.74 Å². The lowest BCUT2D eigenvalue weighted by atomic mass is 9.91. The number of hydrogen-bond donors (Lipinski definition) is 0. The summed E-state index contributed by atoms with van der Waals surface area (Å²) in [5.74, 6) is -3.81. The van der Waals surface area contributed by atoms with Crippen LogP contribution >= 0.6 is 0 Å². The van der Waals surface area contributed by atoms with Crippen molar-refractivity contribution in [2.45, 2.75) is 23.5 Å². The van der Waals surface area contributed by atoms with Crippen LogP contribution in [0.4, 0.5) is 13.2 Å². The molecule has 0 radical (unpaired) electrons. The lowest BCUT2D eigenvalue weighted by Crippen LogP contribution is -2.37. The number of benzene rings is 3. The average Bonchev–Trinajstić information content (AvgIpc) is 2.68. The molecule has 2 atom stereocenters. The van der Waals surface area contributed by atoms with E-state index in [4.69, 9.17) is 4.74 Å². The third-order valence-electron chi connectivity index (χ3n) is 5.07. The average molecular weight is 437 g/mol.